The number of aryl methyl sites for hydroxylation is 1. The van der Waals surface area contributed by atoms with E-state index in [4.69, 9.17) is 16.3 Å². The third-order valence-corrected chi connectivity index (χ3v) is 4.59. The van der Waals surface area contributed by atoms with E-state index < -0.39 is 0 Å². The van der Waals surface area contributed by atoms with Crippen molar-refractivity contribution in [3.8, 4) is 11.4 Å². The predicted octanol–water partition coefficient (Wildman–Crippen LogP) is 4.29. The first-order valence-electron chi connectivity index (χ1n) is 7.97. The number of ether oxygens (including phenoxy) is 1. The van der Waals surface area contributed by atoms with E-state index in [-0.39, 0.29) is 12.5 Å². The first-order valence-corrected chi connectivity index (χ1v) is 9.14. The number of hydrogen-bond donors (Lipinski definition) is 1. The number of benzene rings is 2. The number of carbonyl (C=O) groups excluding carboxylic acids is 1. The monoisotopic (exact) mass is 433 g/mol. The number of nitrogens with one attached hydrogen (secondary N) is 1. The van der Waals surface area contributed by atoms with Gasteiger partial charge in [0.1, 0.15) is 11.6 Å². The molecule has 0 unspecified atom stereocenters. The summed E-state index contributed by atoms with van der Waals surface area (Å²) in [4.78, 5) is 16.4. The van der Waals surface area contributed by atoms with Gasteiger partial charge in [0, 0.05) is 23.4 Å². The molecule has 1 N–H and O–H groups in total. The van der Waals surface area contributed by atoms with Crippen LogP contribution >= 0.6 is 27.5 Å². The Bertz CT molecular complexity index is 927. The van der Waals surface area contributed by atoms with Crippen LogP contribution in [0.1, 0.15) is 11.4 Å². The van der Waals surface area contributed by atoms with Crippen LogP contribution in [0.3, 0.4) is 0 Å². The van der Waals surface area contributed by atoms with E-state index in [1.807, 2.05) is 48.0 Å². The molecule has 1 aromatic heterocycles. The van der Waals surface area contributed by atoms with Gasteiger partial charge >= 0.3 is 0 Å². The van der Waals surface area contributed by atoms with Gasteiger partial charge in [0.05, 0.1) is 10.7 Å². The lowest BCUT2D eigenvalue weighted by Gasteiger charge is -2.13. The van der Waals surface area contributed by atoms with Crippen LogP contribution in [0.25, 0.3) is 5.69 Å². The number of amides is 1. The van der Waals surface area contributed by atoms with Crippen molar-refractivity contribution in [2.24, 2.45) is 0 Å². The van der Waals surface area contributed by atoms with E-state index in [1.54, 1.807) is 18.3 Å². The highest BCUT2D eigenvalue weighted by Gasteiger charge is 2.09. The predicted molar refractivity (Wildman–Crippen MR) is 105 cm³/mol. The quantitative estimate of drug-likeness (QED) is 0.629. The van der Waals surface area contributed by atoms with Crippen molar-refractivity contribution in [2.45, 2.75) is 13.5 Å². The lowest BCUT2D eigenvalue weighted by Crippen LogP contribution is -2.28. The molecule has 0 atom stereocenters. The van der Waals surface area contributed by atoms with Crippen LogP contribution < -0.4 is 10.1 Å². The lowest BCUT2D eigenvalue weighted by atomic mass is 10.1. The number of aromatic nitrogens is 2. The first-order chi connectivity index (χ1) is 12.5. The van der Waals surface area contributed by atoms with E-state index in [2.05, 4.69) is 26.2 Å². The minimum Gasteiger partial charge on any atom is -0.482 e. The number of carbonyl (C=O) groups is 1. The molecule has 0 saturated heterocycles. The Kier molecular flexibility index (Phi) is 5.96. The van der Waals surface area contributed by atoms with Crippen molar-refractivity contribution < 1.29 is 9.53 Å². The fourth-order valence-electron chi connectivity index (χ4n) is 2.51. The summed E-state index contributed by atoms with van der Waals surface area (Å²) in [5.41, 5.74) is 1.98. The highest BCUT2D eigenvalue weighted by Crippen LogP contribution is 2.27. The number of hydrogen-bond acceptors (Lipinski definition) is 3. The van der Waals surface area contributed by atoms with Crippen LogP contribution in [-0.2, 0) is 11.3 Å². The minimum atomic E-state index is -0.221. The fraction of sp³-hybridized carbons (Fsp3) is 0.158. The highest BCUT2D eigenvalue weighted by atomic mass is 79.9. The molecular formula is C19H17BrClN3O2. The summed E-state index contributed by atoms with van der Waals surface area (Å²) in [6.07, 6.45) is 3.65. The van der Waals surface area contributed by atoms with Crippen molar-refractivity contribution in [1.82, 2.24) is 14.9 Å². The maximum absolute atomic E-state index is 12.1. The van der Waals surface area contributed by atoms with Crippen molar-refractivity contribution >= 4 is 33.4 Å². The average molecular weight is 435 g/mol. The molecule has 1 heterocycles. The van der Waals surface area contributed by atoms with E-state index in [0.717, 1.165) is 21.5 Å². The first kappa shape index (κ1) is 18.5. The zero-order chi connectivity index (χ0) is 18.5. The molecule has 7 heteroatoms. The molecule has 0 aliphatic heterocycles. The summed E-state index contributed by atoms with van der Waals surface area (Å²) in [7, 11) is 0. The summed E-state index contributed by atoms with van der Waals surface area (Å²) < 4.78 is 8.32. The molecule has 0 aliphatic rings. The van der Waals surface area contributed by atoms with Crippen LogP contribution in [-0.4, -0.2) is 22.1 Å². The van der Waals surface area contributed by atoms with Gasteiger partial charge in [-0.05, 0) is 36.8 Å². The van der Waals surface area contributed by atoms with Gasteiger partial charge in [0.25, 0.3) is 5.91 Å². The molecule has 26 heavy (non-hydrogen) atoms. The summed E-state index contributed by atoms with van der Waals surface area (Å²) in [5, 5.41) is 3.32. The van der Waals surface area contributed by atoms with Crippen LogP contribution in [0.15, 0.2) is 59.3 Å². The van der Waals surface area contributed by atoms with Crippen molar-refractivity contribution in [3.05, 3.63) is 75.7 Å². The summed E-state index contributed by atoms with van der Waals surface area (Å²) in [6, 6.07) is 13.1. The molecule has 0 bridgehead atoms. The van der Waals surface area contributed by atoms with E-state index >= 15 is 0 Å². The molecule has 0 spiro atoms. The molecule has 1 amide bonds. The molecule has 0 fully saturated rings. The zero-order valence-electron chi connectivity index (χ0n) is 14.1. The maximum atomic E-state index is 12.1. The van der Waals surface area contributed by atoms with Gasteiger partial charge in [-0.2, -0.15) is 0 Å². The topological polar surface area (TPSA) is 56.2 Å². The van der Waals surface area contributed by atoms with Gasteiger partial charge in [-0.25, -0.2) is 4.98 Å². The Morgan fingerprint density at radius 1 is 1.31 bits per heavy atom. The number of halogens is 2. The van der Waals surface area contributed by atoms with Gasteiger partial charge in [-0.1, -0.05) is 45.7 Å². The molecular weight excluding hydrogens is 418 g/mol. The van der Waals surface area contributed by atoms with E-state index in [9.17, 15) is 4.79 Å². The molecule has 3 aromatic rings. The van der Waals surface area contributed by atoms with Gasteiger partial charge in [0.2, 0.25) is 0 Å². The van der Waals surface area contributed by atoms with Gasteiger partial charge in [-0.15, -0.1) is 0 Å². The largest absolute Gasteiger partial charge is 0.482 e. The summed E-state index contributed by atoms with van der Waals surface area (Å²) in [5.74, 6) is 1.14. The van der Waals surface area contributed by atoms with Gasteiger partial charge in [0.15, 0.2) is 6.61 Å². The second-order valence-corrected chi connectivity index (χ2v) is 6.94. The number of para-hydroxylation sites is 1. The maximum Gasteiger partial charge on any atom is 0.258 e. The van der Waals surface area contributed by atoms with Crippen LogP contribution in [0.2, 0.25) is 5.02 Å². The highest BCUT2D eigenvalue weighted by molar-refractivity contribution is 9.10. The van der Waals surface area contributed by atoms with Gasteiger partial charge in [-0.3, -0.25) is 4.79 Å². The van der Waals surface area contributed by atoms with Crippen molar-refractivity contribution in [3.63, 3.8) is 0 Å². The summed E-state index contributed by atoms with van der Waals surface area (Å²) in [6.45, 7) is 2.23. The SMILES string of the molecule is Cc1nccn1-c1ccccc1CNC(=O)COc1ccc(Br)cc1Cl. The Morgan fingerprint density at radius 2 is 2.12 bits per heavy atom. The van der Waals surface area contributed by atoms with Crippen molar-refractivity contribution in [1.29, 1.82) is 0 Å². The van der Waals surface area contributed by atoms with E-state index in [0.29, 0.717) is 17.3 Å². The van der Waals surface area contributed by atoms with E-state index in [1.165, 1.54) is 0 Å². The standard InChI is InChI=1S/C19H17BrClN3O2/c1-13-22-8-9-24(13)17-5-3-2-4-14(17)11-23-19(25)12-26-18-7-6-15(20)10-16(18)21/h2-10H,11-12H2,1H3,(H,23,25). The number of nitrogens with zero attached hydrogens (tertiary/aromatic N) is 2. The smallest absolute Gasteiger partial charge is 0.258 e. The molecule has 0 saturated carbocycles. The van der Waals surface area contributed by atoms with Crippen LogP contribution in [0.5, 0.6) is 5.75 Å². The lowest BCUT2D eigenvalue weighted by molar-refractivity contribution is -0.123. The third kappa shape index (κ3) is 4.45. The molecule has 0 radical (unpaired) electrons. The molecule has 3 rings (SSSR count). The Labute approximate surface area is 165 Å². The minimum absolute atomic E-state index is 0.104. The third-order valence-electron chi connectivity index (χ3n) is 3.81. The summed E-state index contributed by atoms with van der Waals surface area (Å²) >= 11 is 9.41. The molecule has 134 valence electrons. The second kappa shape index (κ2) is 8.38. The van der Waals surface area contributed by atoms with Crippen molar-refractivity contribution in [2.75, 3.05) is 6.61 Å². The fourth-order valence-corrected chi connectivity index (χ4v) is 3.24. The number of imidazole rings is 1. The zero-order valence-corrected chi connectivity index (χ0v) is 16.4. The van der Waals surface area contributed by atoms with Crippen LogP contribution in [0, 0.1) is 6.92 Å². The number of rotatable bonds is 6. The Hall–Kier alpha value is -2.31. The average Bonchev–Trinajstić information content (AvgIpc) is 3.05. The molecule has 5 nitrogen and oxygen atoms in total. The second-order valence-electron chi connectivity index (χ2n) is 5.61. The van der Waals surface area contributed by atoms with Crippen LogP contribution in [0.4, 0.5) is 0 Å². The molecule has 0 aliphatic carbocycles. The normalized spacial score (nSPS) is 10.6. The van der Waals surface area contributed by atoms with Gasteiger partial charge < -0.3 is 14.6 Å². The molecule has 2 aromatic carbocycles. The Morgan fingerprint density at radius 3 is 2.85 bits per heavy atom. The Balaban J connectivity index is 1.61.